The highest BCUT2D eigenvalue weighted by atomic mass is 19.1. The molecule has 196 valence electrons. The van der Waals surface area contributed by atoms with Gasteiger partial charge >= 0.3 is 0 Å². The van der Waals surface area contributed by atoms with Crippen LogP contribution in [0.5, 0.6) is 0 Å². The SMILES string of the molecule is O=C(Nc1cccc(-c2nn3ccccc3c2-c2ccnc(Nc3cccc(F)c3)n2)c1)c1ccc(F)cc1F. The van der Waals surface area contributed by atoms with Gasteiger partial charge in [-0.25, -0.2) is 27.7 Å². The van der Waals surface area contributed by atoms with E-state index < -0.39 is 17.5 Å². The number of pyridine rings is 1. The summed E-state index contributed by atoms with van der Waals surface area (Å²) >= 11 is 0. The van der Waals surface area contributed by atoms with Gasteiger partial charge in [-0.15, -0.1) is 0 Å². The summed E-state index contributed by atoms with van der Waals surface area (Å²) in [5.41, 5.74) is 3.89. The molecule has 0 bridgehead atoms. The molecule has 0 aliphatic carbocycles. The van der Waals surface area contributed by atoms with Gasteiger partial charge in [0.2, 0.25) is 5.95 Å². The van der Waals surface area contributed by atoms with Crippen LogP contribution in [0.1, 0.15) is 10.4 Å². The molecule has 0 fully saturated rings. The molecule has 0 spiro atoms. The van der Waals surface area contributed by atoms with Gasteiger partial charge in [-0.2, -0.15) is 5.10 Å². The van der Waals surface area contributed by atoms with Crippen molar-refractivity contribution in [1.29, 1.82) is 0 Å². The van der Waals surface area contributed by atoms with Gasteiger partial charge in [0, 0.05) is 35.4 Å². The number of carbonyl (C=O) groups is 1. The number of benzene rings is 3. The molecule has 0 saturated carbocycles. The van der Waals surface area contributed by atoms with Gasteiger partial charge < -0.3 is 10.6 Å². The average Bonchev–Trinajstić information content (AvgIpc) is 3.33. The minimum Gasteiger partial charge on any atom is -0.324 e. The molecule has 6 aromatic rings. The molecule has 0 saturated heterocycles. The minimum atomic E-state index is -0.956. The lowest BCUT2D eigenvalue weighted by atomic mass is 10.0. The van der Waals surface area contributed by atoms with Crippen molar-refractivity contribution in [3.05, 3.63) is 126 Å². The number of anilines is 3. The normalized spacial score (nSPS) is 11.0. The van der Waals surface area contributed by atoms with Crippen molar-refractivity contribution in [2.75, 3.05) is 10.6 Å². The second kappa shape index (κ2) is 10.3. The molecular weight excluding hydrogens is 517 g/mol. The van der Waals surface area contributed by atoms with Gasteiger partial charge in [0.05, 0.1) is 22.3 Å². The van der Waals surface area contributed by atoms with Crippen LogP contribution in [0.15, 0.2) is 103 Å². The van der Waals surface area contributed by atoms with Crippen LogP contribution in [0.25, 0.3) is 28.0 Å². The Bertz CT molecular complexity index is 1890. The number of hydrogen-bond acceptors (Lipinski definition) is 5. The third-order valence-corrected chi connectivity index (χ3v) is 6.10. The number of carbonyl (C=O) groups excluding carboxylic acids is 1. The van der Waals surface area contributed by atoms with Gasteiger partial charge in [0.15, 0.2) is 0 Å². The van der Waals surface area contributed by atoms with Crippen molar-refractivity contribution in [3.8, 4) is 22.5 Å². The van der Waals surface area contributed by atoms with E-state index in [0.29, 0.717) is 40.0 Å². The van der Waals surface area contributed by atoms with Crippen LogP contribution in [0, 0.1) is 17.5 Å². The summed E-state index contributed by atoms with van der Waals surface area (Å²) in [6.07, 6.45) is 3.40. The molecule has 10 heteroatoms. The highest BCUT2D eigenvalue weighted by Gasteiger charge is 2.19. The number of halogens is 3. The second-order valence-electron chi connectivity index (χ2n) is 8.81. The smallest absolute Gasteiger partial charge is 0.258 e. The molecule has 0 radical (unpaired) electrons. The summed E-state index contributed by atoms with van der Waals surface area (Å²) in [5, 5.41) is 10.4. The Morgan fingerprint density at radius 2 is 1.62 bits per heavy atom. The van der Waals surface area contributed by atoms with E-state index in [9.17, 15) is 18.0 Å². The Morgan fingerprint density at radius 3 is 2.48 bits per heavy atom. The third kappa shape index (κ3) is 4.97. The van der Waals surface area contributed by atoms with Crippen LogP contribution in [0.2, 0.25) is 0 Å². The first kappa shape index (κ1) is 24.8. The fourth-order valence-electron chi connectivity index (χ4n) is 4.32. The maximum Gasteiger partial charge on any atom is 0.258 e. The molecule has 7 nitrogen and oxygen atoms in total. The monoisotopic (exact) mass is 536 g/mol. The molecule has 3 aromatic heterocycles. The van der Waals surface area contributed by atoms with Crippen molar-refractivity contribution in [1.82, 2.24) is 19.6 Å². The van der Waals surface area contributed by atoms with E-state index in [2.05, 4.69) is 20.6 Å². The lowest BCUT2D eigenvalue weighted by Gasteiger charge is -2.09. The Kier molecular flexibility index (Phi) is 6.41. The van der Waals surface area contributed by atoms with E-state index in [1.54, 1.807) is 53.3 Å². The van der Waals surface area contributed by atoms with Gasteiger partial charge in [0.1, 0.15) is 23.1 Å². The van der Waals surface area contributed by atoms with Gasteiger partial charge in [-0.3, -0.25) is 4.79 Å². The Balaban J connectivity index is 1.38. The van der Waals surface area contributed by atoms with Crippen LogP contribution in [0.3, 0.4) is 0 Å². The van der Waals surface area contributed by atoms with E-state index in [4.69, 9.17) is 5.10 Å². The van der Waals surface area contributed by atoms with Crippen molar-refractivity contribution in [2.24, 2.45) is 0 Å². The zero-order chi connectivity index (χ0) is 27.6. The van der Waals surface area contributed by atoms with E-state index in [1.165, 1.54) is 12.1 Å². The topological polar surface area (TPSA) is 84.2 Å². The number of aromatic nitrogens is 4. The maximum atomic E-state index is 14.1. The largest absolute Gasteiger partial charge is 0.324 e. The zero-order valence-corrected chi connectivity index (χ0v) is 20.6. The van der Waals surface area contributed by atoms with Gasteiger partial charge in [-0.1, -0.05) is 24.3 Å². The number of nitrogens with zero attached hydrogens (tertiary/aromatic N) is 4. The standard InChI is InChI=1S/C30H19F3N6O/c31-19-6-4-8-22(16-19)36-30-34-13-12-25(37-30)27-26-9-1-2-14-39(26)38-28(27)18-5-3-7-21(15-18)35-29(40)23-11-10-20(32)17-24(23)33/h1-17H,(H,35,40)(H,34,36,37). The molecular formula is C30H19F3N6O. The van der Waals surface area contributed by atoms with Gasteiger partial charge in [-0.05, 0) is 60.7 Å². The van der Waals surface area contributed by atoms with Crippen molar-refractivity contribution < 1.29 is 18.0 Å². The molecule has 0 aliphatic heterocycles. The highest BCUT2D eigenvalue weighted by Crippen LogP contribution is 2.35. The first-order valence-electron chi connectivity index (χ1n) is 12.1. The first-order valence-corrected chi connectivity index (χ1v) is 12.1. The van der Waals surface area contributed by atoms with Crippen LogP contribution in [-0.4, -0.2) is 25.5 Å². The fraction of sp³-hybridized carbons (Fsp3) is 0. The van der Waals surface area contributed by atoms with E-state index in [1.807, 2.05) is 24.3 Å². The summed E-state index contributed by atoms with van der Waals surface area (Å²) in [7, 11) is 0. The Morgan fingerprint density at radius 1 is 0.800 bits per heavy atom. The molecule has 6 rings (SSSR count). The molecule has 3 aromatic carbocycles. The molecule has 0 atom stereocenters. The lowest BCUT2D eigenvalue weighted by Crippen LogP contribution is -2.14. The molecule has 0 aliphatic rings. The van der Waals surface area contributed by atoms with Crippen LogP contribution in [0.4, 0.5) is 30.5 Å². The Labute approximate surface area is 226 Å². The number of fused-ring (bicyclic) bond motifs is 1. The minimum absolute atomic E-state index is 0.270. The van der Waals surface area contributed by atoms with Crippen LogP contribution >= 0.6 is 0 Å². The molecule has 3 heterocycles. The predicted octanol–water partition coefficient (Wildman–Crippen LogP) is 6.87. The molecule has 40 heavy (non-hydrogen) atoms. The number of hydrogen-bond donors (Lipinski definition) is 2. The summed E-state index contributed by atoms with van der Waals surface area (Å²) < 4.78 is 42.8. The van der Waals surface area contributed by atoms with E-state index in [-0.39, 0.29) is 17.3 Å². The van der Waals surface area contributed by atoms with Gasteiger partial charge in [0.25, 0.3) is 5.91 Å². The average molecular weight is 537 g/mol. The first-order chi connectivity index (χ1) is 19.4. The highest BCUT2D eigenvalue weighted by molar-refractivity contribution is 6.05. The van der Waals surface area contributed by atoms with E-state index >= 15 is 0 Å². The molecule has 1 amide bonds. The summed E-state index contributed by atoms with van der Waals surface area (Å²) in [6.45, 7) is 0. The van der Waals surface area contributed by atoms with Crippen LogP contribution in [-0.2, 0) is 0 Å². The number of rotatable bonds is 6. The van der Waals surface area contributed by atoms with Crippen molar-refractivity contribution in [2.45, 2.75) is 0 Å². The van der Waals surface area contributed by atoms with Crippen LogP contribution < -0.4 is 10.6 Å². The second-order valence-corrected chi connectivity index (χ2v) is 8.81. The third-order valence-electron chi connectivity index (χ3n) is 6.10. The molecule has 2 N–H and O–H groups in total. The van der Waals surface area contributed by atoms with Crippen molar-refractivity contribution >= 4 is 28.7 Å². The summed E-state index contributed by atoms with van der Waals surface area (Å²) in [5.74, 6) is -2.56. The van der Waals surface area contributed by atoms with E-state index in [0.717, 1.165) is 17.6 Å². The lowest BCUT2D eigenvalue weighted by molar-refractivity contribution is 0.102. The predicted molar refractivity (Wildman–Crippen MR) is 146 cm³/mol. The number of nitrogens with one attached hydrogen (secondary N) is 2. The summed E-state index contributed by atoms with van der Waals surface area (Å²) in [6, 6.07) is 23.0. The molecule has 0 unspecified atom stereocenters. The summed E-state index contributed by atoms with van der Waals surface area (Å²) in [4.78, 5) is 21.6. The van der Waals surface area contributed by atoms with Crippen molar-refractivity contribution in [3.63, 3.8) is 0 Å². The Hall–Kier alpha value is -5.51. The zero-order valence-electron chi connectivity index (χ0n) is 20.6. The fourth-order valence-corrected chi connectivity index (χ4v) is 4.32. The number of amides is 1. The quantitative estimate of drug-likeness (QED) is 0.243. The maximum absolute atomic E-state index is 14.1.